The van der Waals surface area contributed by atoms with E-state index < -0.39 is 43.8 Å². The maximum absolute atomic E-state index is 14.3. The van der Waals surface area contributed by atoms with Crippen LogP contribution < -0.4 is 21.2 Å². The van der Waals surface area contributed by atoms with Crippen molar-refractivity contribution in [3.8, 4) is 0 Å². The number of Topliss-reactive ketones (excluding diaryl/α,β-unsaturated/α-hetero) is 1. The summed E-state index contributed by atoms with van der Waals surface area (Å²) in [7, 11) is -3.63. The summed E-state index contributed by atoms with van der Waals surface area (Å²) in [5.74, 6) is -0.914. The Kier molecular flexibility index (Phi) is 12.3. The maximum Gasteiger partial charge on any atom is 0.408 e. The highest BCUT2D eigenvalue weighted by Crippen LogP contribution is 2.44. The number of ketones is 1. The Morgan fingerprint density at radius 1 is 0.667 bits per heavy atom. The van der Waals surface area contributed by atoms with Gasteiger partial charge in [-0.1, -0.05) is 111 Å². The molecule has 8 nitrogen and oxygen atoms in total. The van der Waals surface area contributed by atoms with Gasteiger partial charge in [-0.2, -0.15) is 0 Å². The van der Waals surface area contributed by atoms with E-state index in [1.54, 1.807) is 48.5 Å². The highest BCUT2D eigenvalue weighted by molar-refractivity contribution is 7.74. The topological polar surface area (TPSA) is 111 Å². The van der Waals surface area contributed by atoms with Crippen LogP contribution in [0.2, 0.25) is 0 Å². The molecule has 2 amide bonds. The molecule has 0 aliphatic heterocycles. The van der Waals surface area contributed by atoms with E-state index in [4.69, 9.17) is 9.26 Å². The van der Waals surface area contributed by atoms with Gasteiger partial charge in [0, 0.05) is 10.6 Å². The lowest BCUT2D eigenvalue weighted by atomic mass is 10.00. The summed E-state index contributed by atoms with van der Waals surface area (Å²) in [5.41, 5.74) is 1.63. The fourth-order valence-electron chi connectivity index (χ4n) is 4.78. The van der Waals surface area contributed by atoms with E-state index in [0.717, 1.165) is 11.1 Å². The van der Waals surface area contributed by atoms with Gasteiger partial charge in [0.25, 0.3) is 7.37 Å². The quantitative estimate of drug-likeness (QED) is 0.167. The molecule has 9 heteroatoms. The van der Waals surface area contributed by atoms with Gasteiger partial charge in [0.2, 0.25) is 5.91 Å². The monoisotopic (exact) mass is 626 g/mol. The number of nitrogens with one attached hydrogen (secondary N) is 2. The van der Waals surface area contributed by atoms with E-state index in [0.29, 0.717) is 17.0 Å². The Morgan fingerprint density at radius 3 is 1.67 bits per heavy atom. The normalized spacial score (nSPS) is 12.6. The number of carbonyl (C=O) groups is 3. The van der Waals surface area contributed by atoms with Crippen molar-refractivity contribution < 1.29 is 28.2 Å². The van der Waals surface area contributed by atoms with Crippen LogP contribution in [0.4, 0.5) is 4.79 Å². The Morgan fingerprint density at radius 2 is 1.16 bits per heavy atom. The van der Waals surface area contributed by atoms with Gasteiger partial charge in [-0.15, -0.1) is 0 Å². The van der Waals surface area contributed by atoms with E-state index >= 15 is 0 Å². The molecule has 0 spiro atoms. The lowest BCUT2D eigenvalue weighted by molar-refractivity contribution is -0.130. The molecule has 0 fully saturated rings. The Hall–Kier alpha value is -4.52. The van der Waals surface area contributed by atoms with Crippen molar-refractivity contribution in [2.45, 2.75) is 45.4 Å². The molecular weight excluding hydrogens is 587 g/mol. The van der Waals surface area contributed by atoms with E-state index in [2.05, 4.69) is 10.6 Å². The van der Waals surface area contributed by atoms with Gasteiger partial charge in [-0.25, -0.2) is 4.79 Å². The molecule has 0 bridgehead atoms. The van der Waals surface area contributed by atoms with Gasteiger partial charge in [-0.3, -0.25) is 14.2 Å². The van der Waals surface area contributed by atoms with Crippen LogP contribution in [0.25, 0.3) is 0 Å². The van der Waals surface area contributed by atoms with Gasteiger partial charge in [0.1, 0.15) is 19.3 Å². The Bertz CT molecular complexity index is 1520. The van der Waals surface area contributed by atoms with Crippen LogP contribution in [0.15, 0.2) is 121 Å². The Balaban J connectivity index is 1.51. The number of benzene rings is 4. The third-order valence-corrected chi connectivity index (χ3v) is 9.55. The number of amides is 2. The highest BCUT2D eigenvalue weighted by Gasteiger charge is 2.32. The summed E-state index contributed by atoms with van der Waals surface area (Å²) in [4.78, 5) is 40.0. The first kappa shape index (κ1) is 33.4. The zero-order valence-electron chi connectivity index (χ0n) is 25.5. The van der Waals surface area contributed by atoms with Crippen LogP contribution in [-0.2, 0) is 36.4 Å². The first-order valence-electron chi connectivity index (χ1n) is 14.9. The summed E-state index contributed by atoms with van der Waals surface area (Å²) in [5, 5.41) is 6.42. The SMILES string of the molecule is CC(C)C[C@@H](NC(=O)OCc1ccccc1)C(=O)N[C@@H](Cc1ccccc1)C(=O)COP(=O)(c1ccccc1)c1ccccc1. The van der Waals surface area contributed by atoms with Gasteiger partial charge >= 0.3 is 6.09 Å². The fraction of sp³-hybridized carbons (Fsp3) is 0.250. The first-order chi connectivity index (χ1) is 21.7. The zero-order valence-corrected chi connectivity index (χ0v) is 26.4. The molecule has 2 N–H and O–H groups in total. The molecule has 0 heterocycles. The molecule has 4 aromatic carbocycles. The van der Waals surface area contributed by atoms with E-state index in [-0.39, 0.29) is 18.9 Å². The van der Waals surface area contributed by atoms with Crippen LogP contribution in [0.5, 0.6) is 0 Å². The minimum atomic E-state index is -3.63. The zero-order chi connectivity index (χ0) is 32.1. The minimum Gasteiger partial charge on any atom is -0.445 e. The standard InChI is InChI=1S/C36H39N2O6P/c1-27(2)23-33(38-36(41)43-25-29-17-9-4-10-18-29)35(40)37-32(24-28-15-7-3-8-16-28)34(39)26-44-45(42,30-19-11-5-12-20-30)31-21-13-6-14-22-31/h3-22,27,32-33H,23-26H2,1-2H3,(H,37,40)(H,38,41)/t32-,33+/m0/s1. The Labute approximate surface area is 264 Å². The van der Waals surface area contributed by atoms with Crippen molar-refractivity contribution in [2.24, 2.45) is 5.92 Å². The molecular formula is C36H39N2O6P. The van der Waals surface area contributed by atoms with Crippen molar-refractivity contribution in [2.75, 3.05) is 6.61 Å². The van der Waals surface area contributed by atoms with Crippen molar-refractivity contribution >= 4 is 35.8 Å². The highest BCUT2D eigenvalue weighted by atomic mass is 31.2. The van der Waals surface area contributed by atoms with Crippen molar-refractivity contribution in [3.05, 3.63) is 132 Å². The first-order valence-corrected chi connectivity index (χ1v) is 16.6. The molecule has 0 aliphatic carbocycles. The fourth-order valence-corrected chi connectivity index (χ4v) is 6.81. The van der Waals surface area contributed by atoms with Gasteiger partial charge < -0.3 is 19.9 Å². The number of hydrogen-bond acceptors (Lipinski definition) is 6. The van der Waals surface area contributed by atoms with E-state index in [1.807, 2.05) is 86.6 Å². The summed E-state index contributed by atoms with van der Waals surface area (Å²) >= 11 is 0. The number of alkyl carbamates (subject to hydrolysis) is 1. The van der Waals surface area contributed by atoms with Crippen LogP contribution in [0, 0.1) is 5.92 Å². The predicted octanol–water partition coefficient (Wildman–Crippen LogP) is 5.57. The lowest BCUT2D eigenvalue weighted by Crippen LogP contribution is -2.53. The second-order valence-corrected chi connectivity index (χ2v) is 13.5. The maximum atomic E-state index is 14.3. The molecule has 0 aromatic heterocycles. The molecule has 45 heavy (non-hydrogen) atoms. The van der Waals surface area contributed by atoms with Gasteiger partial charge in [0.05, 0.1) is 6.04 Å². The molecule has 0 radical (unpaired) electrons. The minimum absolute atomic E-state index is 0.0536. The molecule has 234 valence electrons. The number of ether oxygens (including phenoxy) is 1. The van der Waals surface area contributed by atoms with Crippen LogP contribution in [-0.4, -0.2) is 36.5 Å². The second kappa shape index (κ2) is 16.5. The number of hydrogen-bond donors (Lipinski definition) is 2. The predicted molar refractivity (Wildman–Crippen MR) is 176 cm³/mol. The molecule has 0 unspecified atom stereocenters. The molecule has 4 rings (SSSR count). The molecule has 4 aromatic rings. The average Bonchev–Trinajstić information content (AvgIpc) is 3.07. The largest absolute Gasteiger partial charge is 0.445 e. The van der Waals surface area contributed by atoms with E-state index in [1.165, 1.54) is 0 Å². The smallest absolute Gasteiger partial charge is 0.408 e. The van der Waals surface area contributed by atoms with Crippen molar-refractivity contribution in [1.82, 2.24) is 10.6 Å². The van der Waals surface area contributed by atoms with Crippen molar-refractivity contribution in [1.29, 1.82) is 0 Å². The summed E-state index contributed by atoms with van der Waals surface area (Å²) in [6.07, 6.45) is -0.227. The lowest BCUT2D eigenvalue weighted by Gasteiger charge is -2.25. The number of carbonyl (C=O) groups excluding carboxylic acids is 3. The van der Waals surface area contributed by atoms with E-state index in [9.17, 15) is 18.9 Å². The molecule has 0 saturated carbocycles. The van der Waals surface area contributed by atoms with Gasteiger partial charge in [-0.05, 0) is 54.2 Å². The van der Waals surface area contributed by atoms with Crippen molar-refractivity contribution in [3.63, 3.8) is 0 Å². The van der Waals surface area contributed by atoms with Crippen LogP contribution >= 0.6 is 7.37 Å². The summed E-state index contributed by atoms with van der Waals surface area (Å²) in [6, 6.07) is 34.1. The number of rotatable bonds is 15. The molecule has 0 saturated heterocycles. The average molecular weight is 627 g/mol. The summed E-state index contributed by atoms with van der Waals surface area (Å²) < 4.78 is 25.7. The van der Waals surface area contributed by atoms with Gasteiger partial charge in [0.15, 0.2) is 5.78 Å². The van der Waals surface area contributed by atoms with Crippen LogP contribution in [0.1, 0.15) is 31.4 Å². The third kappa shape index (κ3) is 10.00. The van der Waals surface area contributed by atoms with Crippen LogP contribution in [0.3, 0.4) is 0 Å². The molecule has 2 atom stereocenters. The second-order valence-electron chi connectivity index (χ2n) is 11.1. The molecule has 0 aliphatic rings. The summed E-state index contributed by atoms with van der Waals surface area (Å²) in [6.45, 7) is 3.42. The third-order valence-electron chi connectivity index (χ3n) is 7.10.